The largest absolute Gasteiger partial charge is 0.310 e. The minimum Gasteiger partial charge on any atom is -0.310 e. The Labute approximate surface area is 113 Å². The fourth-order valence-corrected chi connectivity index (χ4v) is 1.84. The van der Waals surface area contributed by atoms with Gasteiger partial charge in [-0.2, -0.15) is 5.26 Å². The molecule has 6 heteroatoms. The van der Waals surface area contributed by atoms with E-state index in [4.69, 9.17) is 28.5 Å². The molecule has 18 heavy (non-hydrogen) atoms. The van der Waals surface area contributed by atoms with Crippen LogP contribution in [0.5, 0.6) is 0 Å². The van der Waals surface area contributed by atoms with E-state index < -0.39 is 5.56 Å². The molecular formula is C12H7Cl2N3O. The van der Waals surface area contributed by atoms with E-state index in [1.807, 2.05) is 6.07 Å². The van der Waals surface area contributed by atoms with Gasteiger partial charge in [-0.3, -0.25) is 4.79 Å². The van der Waals surface area contributed by atoms with E-state index in [1.54, 1.807) is 25.1 Å². The number of halogens is 2. The summed E-state index contributed by atoms with van der Waals surface area (Å²) in [7, 11) is 0. The van der Waals surface area contributed by atoms with Gasteiger partial charge in [0.15, 0.2) is 0 Å². The Kier molecular flexibility index (Phi) is 3.37. The second-order valence-electron chi connectivity index (χ2n) is 3.62. The number of rotatable bonds is 1. The van der Waals surface area contributed by atoms with Crippen LogP contribution < -0.4 is 5.56 Å². The summed E-state index contributed by atoms with van der Waals surface area (Å²) >= 11 is 11.7. The van der Waals surface area contributed by atoms with Crippen molar-refractivity contribution in [3.05, 3.63) is 50.0 Å². The van der Waals surface area contributed by atoms with Crippen molar-refractivity contribution in [1.82, 2.24) is 9.97 Å². The molecule has 0 amide bonds. The van der Waals surface area contributed by atoms with Crippen LogP contribution in [0, 0.1) is 18.3 Å². The molecule has 0 atom stereocenters. The van der Waals surface area contributed by atoms with Gasteiger partial charge in [0.2, 0.25) is 0 Å². The van der Waals surface area contributed by atoms with Gasteiger partial charge >= 0.3 is 0 Å². The summed E-state index contributed by atoms with van der Waals surface area (Å²) < 4.78 is 0. The average Bonchev–Trinajstić information content (AvgIpc) is 2.32. The fraction of sp³-hybridized carbons (Fsp3) is 0.0833. The number of nitrogens with zero attached hydrogens (tertiary/aromatic N) is 2. The summed E-state index contributed by atoms with van der Waals surface area (Å²) in [5, 5.41) is 9.75. The number of hydrogen-bond acceptors (Lipinski definition) is 3. The van der Waals surface area contributed by atoms with Crippen LogP contribution in [0.3, 0.4) is 0 Å². The molecule has 0 saturated heterocycles. The number of nitriles is 1. The average molecular weight is 280 g/mol. The summed E-state index contributed by atoms with van der Waals surface area (Å²) in [6, 6.07) is 6.68. The normalized spacial score (nSPS) is 10.1. The molecule has 2 aromatic rings. The lowest BCUT2D eigenvalue weighted by Crippen LogP contribution is -2.15. The SMILES string of the molecule is Cc1nc(-c2ccc(Cl)c(Cl)c2)c(C#N)c(=O)[nH]1. The van der Waals surface area contributed by atoms with Crippen molar-refractivity contribution in [2.24, 2.45) is 0 Å². The van der Waals surface area contributed by atoms with E-state index in [9.17, 15) is 4.79 Å². The van der Waals surface area contributed by atoms with Crippen LogP contribution in [0.4, 0.5) is 0 Å². The van der Waals surface area contributed by atoms with Gasteiger partial charge in [-0.25, -0.2) is 4.98 Å². The molecule has 2 rings (SSSR count). The first kappa shape index (κ1) is 12.6. The highest BCUT2D eigenvalue weighted by atomic mass is 35.5. The first-order chi connectivity index (χ1) is 8.52. The molecular weight excluding hydrogens is 273 g/mol. The van der Waals surface area contributed by atoms with E-state index >= 15 is 0 Å². The predicted octanol–water partition coefficient (Wildman–Crippen LogP) is 2.92. The van der Waals surface area contributed by atoms with Crippen molar-refractivity contribution in [2.75, 3.05) is 0 Å². The molecule has 4 nitrogen and oxygen atoms in total. The van der Waals surface area contributed by atoms with Crippen LogP contribution in [0.1, 0.15) is 11.4 Å². The molecule has 0 aliphatic rings. The van der Waals surface area contributed by atoms with Crippen LogP contribution in [0.2, 0.25) is 10.0 Å². The summed E-state index contributed by atoms with van der Waals surface area (Å²) in [6.07, 6.45) is 0. The van der Waals surface area contributed by atoms with E-state index in [2.05, 4.69) is 9.97 Å². The standard InChI is InChI=1S/C12H7Cl2N3O/c1-6-16-11(8(5-15)12(18)17-6)7-2-3-9(13)10(14)4-7/h2-4H,1H3,(H,16,17,18). The number of benzene rings is 1. The highest BCUT2D eigenvalue weighted by Gasteiger charge is 2.12. The third-order valence-corrected chi connectivity index (χ3v) is 3.08. The Morgan fingerprint density at radius 3 is 2.67 bits per heavy atom. The Hall–Kier alpha value is -1.83. The van der Waals surface area contributed by atoms with Gasteiger partial charge in [0.25, 0.3) is 5.56 Å². The van der Waals surface area contributed by atoms with E-state index in [-0.39, 0.29) is 5.56 Å². The monoisotopic (exact) mass is 279 g/mol. The summed E-state index contributed by atoms with van der Waals surface area (Å²) in [5.74, 6) is 0.431. The lowest BCUT2D eigenvalue weighted by molar-refractivity contribution is 1.01. The highest BCUT2D eigenvalue weighted by Crippen LogP contribution is 2.28. The number of aromatic amines is 1. The van der Waals surface area contributed by atoms with Gasteiger partial charge < -0.3 is 4.98 Å². The molecule has 0 aliphatic carbocycles. The zero-order valence-electron chi connectivity index (χ0n) is 9.29. The second kappa shape index (κ2) is 4.81. The lowest BCUT2D eigenvalue weighted by Gasteiger charge is -2.05. The van der Waals surface area contributed by atoms with Crippen LogP contribution in [0.15, 0.2) is 23.0 Å². The quantitative estimate of drug-likeness (QED) is 0.873. The van der Waals surface area contributed by atoms with Crippen molar-refractivity contribution >= 4 is 23.2 Å². The predicted molar refractivity (Wildman–Crippen MR) is 69.8 cm³/mol. The van der Waals surface area contributed by atoms with Crippen molar-refractivity contribution in [3.8, 4) is 17.3 Å². The third kappa shape index (κ3) is 2.23. The second-order valence-corrected chi connectivity index (χ2v) is 4.43. The van der Waals surface area contributed by atoms with Crippen molar-refractivity contribution in [1.29, 1.82) is 5.26 Å². The molecule has 0 unspecified atom stereocenters. The van der Waals surface area contributed by atoms with E-state index in [0.717, 1.165) is 0 Å². The first-order valence-corrected chi connectivity index (χ1v) is 5.75. The summed E-state index contributed by atoms with van der Waals surface area (Å²) in [4.78, 5) is 18.3. The Bertz CT molecular complexity index is 716. The maximum atomic E-state index is 11.6. The van der Waals surface area contributed by atoms with E-state index in [0.29, 0.717) is 27.1 Å². The topological polar surface area (TPSA) is 69.5 Å². The van der Waals surface area contributed by atoms with Gasteiger partial charge in [-0.1, -0.05) is 29.3 Å². The number of nitrogens with one attached hydrogen (secondary N) is 1. The molecule has 90 valence electrons. The van der Waals surface area contributed by atoms with Gasteiger partial charge in [-0.05, 0) is 19.1 Å². The Balaban J connectivity index is 2.75. The number of aromatic nitrogens is 2. The molecule has 0 bridgehead atoms. The molecule has 0 spiro atoms. The fourth-order valence-electron chi connectivity index (χ4n) is 1.54. The van der Waals surface area contributed by atoms with E-state index in [1.165, 1.54) is 0 Å². The van der Waals surface area contributed by atoms with Crippen LogP contribution in [-0.2, 0) is 0 Å². The smallest absolute Gasteiger partial charge is 0.269 e. The zero-order chi connectivity index (χ0) is 13.3. The third-order valence-electron chi connectivity index (χ3n) is 2.34. The summed E-state index contributed by atoms with van der Waals surface area (Å²) in [6.45, 7) is 1.64. The Morgan fingerprint density at radius 1 is 1.33 bits per heavy atom. The van der Waals surface area contributed by atoms with Crippen molar-refractivity contribution in [2.45, 2.75) is 6.92 Å². The maximum Gasteiger partial charge on any atom is 0.269 e. The zero-order valence-corrected chi connectivity index (χ0v) is 10.8. The van der Waals surface area contributed by atoms with Crippen molar-refractivity contribution < 1.29 is 0 Å². The van der Waals surface area contributed by atoms with Gasteiger partial charge in [-0.15, -0.1) is 0 Å². The van der Waals surface area contributed by atoms with Crippen LogP contribution in [0.25, 0.3) is 11.3 Å². The number of hydrogen-bond donors (Lipinski definition) is 1. The maximum absolute atomic E-state index is 11.6. The number of H-pyrrole nitrogens is 1. The van der Waals surface area contributed by atoms with Gasteiger partial charge in [0.1, 0.15) is 17.5 Å². The minimum absolute atomic E-state index is 0.0426. The van der Waals surface area contributed by atoms with Gasteiger partial charge in [0, 0.05) is 5.56 Å². The van der Waals surface area contributed by atoms with Crippen LogP contribution in [-0.4, -0.2) is 9.97 Å². The summed E-state index contributed by atoms with van der Waals surface area (Å²) in [5.41, 5.74) is 0.373. The molecule has 1 N–H and O–H groups in total. The Morgan fingerprint density at radius 2 is 2.06 bits per heavy atom. The number of aryl methyl sites for hydroxylation is 1. The molecule has 1 aromatic carbocycles. The highest BCUT2D eigenvalue weighted by molar-refractivity contribution is 6.42. The molecule has 0 aliphatic heterocycles. The van der Waals surface area contributed by atoms with Crippen molar-refractivity contribution in [3.63, 3.8) is 0 Å². The minimum atomic E-state index is -0.467. The lowest BCUT2D eigenvalue weighted by atomic mass is 10.1. The molecule has 0 saturated carbocycles. The van der Waals surface area contributed by atoms with Gasteiger partial charge in [0.05, 0.1) is 15.7 Å². The van der Waals surface area contributed by atoms with Crippen LogP contribution >= 0.6 is 23.2 Å². The molecule has 1 heterocycles. The molecule has 0 fully saturated rings. The first-order valence-electron chi connectivity index (χ1n) is 4.99. The molecule has 1 aromatic heterocycles. The molecule has 0 radical (unpaired) electrons.